The van der Waals surface area contributed by atoms with Crippen LogP contribution in [0, 0.1) is 0 Å². The number of hydrogen-bond donors (Lipinski definition) is 2. The van der Waals surface area contributed by atoms with Gasteiger partial charge in [0.2, 0.25) is 0 Å². The van der Waals surface area contributed by atoms with Gasteiger partial charge in [-0.15, -0.1) is 0 Å². The summed E-state index contributed by atoms with van der Waals surface area (Å²) in [4.78, 5) is 20.6. The molecule has 2 heterocycles. The van der Waals surface area contributed by atoms with Crippen LogP contribution in [0.3, 0.4) is 0 Å². The van der Waals surface area contributed by atoms with Crippen LogP contribution in [0.1, 0.15) is 28.8 Å². The highest BCUT2D eigenvalue weighted by Gasteiger charge is 2.13. The number of benzene rings is 2. The number of nitrogens with zero attached hydrogens (tertiary/aromatic N) is 3. The van der Waals surface area contributed by atoms with Gasteiger partial charge in [-0.1, -0.05) is 30.3 Å². The van der Waals surface area contributed by atoms with Gasteiger partial charge in [0.1, 0.15) is 11.5 Å². The number of amides is 1. The summed E-state index contributed by atoms with van der Waals surface area (Å²) in [5.74, 6) is 0.798. The molecule has 0 spiro atoms. The number of imidazole rings is 1. The van der Waals surface area contributed by atoms with Crippen molar-refractivity contribution in [3.05, 3.63) is 77.9 Å². The Morgan fingerprint density at radius 2 is 1.89 bits per heavy atom. The summed E-state index contributed by atoms with van der Waals surface area (Å²) in [7, 11) is 0. The molecule has 0 bridgehead atoms. The first-order valence-corrected chi connectivity index (χ1v) is 9.09. The second-order valence-corrected chi connectivity index (χ2v) is 6.34. The maximum absolute atomic E-state index is 12.6. The number of para-hydroxylation sites is 3. The van der Waals surface area contributed by atoms with E-state index in [0.29, 0.717) is 12.2 Å². The molecule has 0 aliphatic rings. The molecule has 4 rings (SSSR count). The maximum atomic E-state index is 12.6. The molecular weight excluding hydrogens is 338 g/mol. The van der Waals surface area contributed by atoms with Gasteiger partial charge in [-0.05, 0) is 43.2 Å². The number of rotatable bonds is 6. The zero-order valence-electron chi connectivity index (χ0n) is 15.1. The lowest BCUT2D eigenvalue weighted by Gasteiger charge is -2.11. The van der Waals surface area contributed by atoms with Gasteiger partial charge in [-0.2, -0.15) is 5.10 Å². The minimum absolute atomic E-state index is 0.148. The van der Waals surface area contributed by atoms with Crippen LogP contribution in [-0.4, -0.2) is 25.7 Å². The highest BCUT2D eigenvalue weighted by molar-refractivity contribution is 6.03. The number of hydrogen-bond acceptors (Lipinski definition) is 3. The number of anilines is 1. The van der Waals surface area contributed by atoms with Crippen LogP contribution in [0.4, 0.5) is 5.69 Å². The van der Waals surface area contributed by atoms with Crippen LogP contribution in [0.15, 0.2) is 60.8 Å². The lowest BCUT2D eigenvalue weighted by molar-refractivity contribution is 0.101. The van der Waals surface area contributed by atoms with Crippen LogP contribution in [0.5, 0.6) is 0 Å². The first-order valence-electron chi connectivity index (χ1n) is 9.09. The van der Waals surface area contributed by atoms with Crippen molar-refractivity contribution in [2.45, 2.75) is 26.3 Å². The maximum Gasteiger partial charge on any atom is 0.273 e. The van der Waals surface area contributed by atoms with Gasteiger partial charge in [0.15, 0.2) is 0 Å². The van der Waals surface area contributed by atoms with E-state index < -0.39 is 0 Å². The molecule has 0 saturated heterocycles. The minimum Gasteiger partial charge on any atom is -0.342 e. The number of aryl methyl sites for hydroxylation is 3. The van der Waals surface area contributed by atoms with E-state index in [1.807, 2.05) is 55.5 Å². The van der Waals surface area contributed by atoms with Crippen molar-refractivity contribution in [3.8, 4) is 0 Å². The van der Waals surface area contributed by atoms with E-state index in [0.717, 1.165) is 41.0 Å². The van der Waals surface area contributed by atoms with E-state index in [4.69, 9.17) is 0 Å². The van der Waals surface area contributed by atoms with Crippen molar-refractivity contribution in [1.29, 1.82) is 0 Å². The summed E-state index contributed by atoms with van der Waals surface area (Å²) in [6, 6.07) is 17.6. The van der Waals surface area contributed by atoms with Crippen LogP contribution in [0.2, 0.25) is 0 Å². The normalized spacial score (nSPS) is 11.0. The molecular formula is C21H21N5O. The average Bonchev–Trinajstić information content (AvgIpc) is 3.33. The van der Waals surface area contributed by atoms with E-state index >= 15 is 0 Å². The van der Waals surface area contributed by atoms with Crippen LogP contribution in [-0.2, 0) is 19.4 Å². The summed E-state index contributed by atoms with van der Waals surface area (Å²) >= 11 is 0. The zero-order chi connectivity index (χ0) is 18.6. The monoisotopic (exact) mass is 359 g/mol. The Balaban J connectivity index is 1.50. The first kappa shape index (κ1) is 17.0. The van der Waals surface area contributed by atoms with Crippen molar-refractivity contribution in [2.24, 2.45) is 0 Å². The summed E-state index contributed by atoms with van der Waals surface area (Å²) < 4.78 is 1.69. The second-order valence-electron chi connectivity index (χ2n) is 6.34. The third kappa shape index (κ3) is 3.60. The van der Waals surface area contributed by atoms with Gasteiger partial charge in [-0.25, -0.2) is 4.98 Å². The highest BCUT2D eigenvalue weighted by atomic mass is 16.2. The Hall–Kier alpha value is -3.41. The van der Waals surface area contributed by atoms with Gasteiger partial charge >= 0.3 is 0 Å². The number of aromatic amines is 1. The smallest absolute Gasteiger partial charge is 0.273 e. The standard InChI is InChI=1S/C21H21N5O/c1-2-26-19(13-14-22-26)21(27)25-16-8-4-3-7-15(16)11-12-20-23-17-9-5-6-10-18(17)24-20/h3-10,13-14H,2,11-12H2,1H3,(H,23,24)(H,25,27). The Bertz CT molecular complexity index is 1050. The number of carbonyl (C=O) groups is 1. The Kier molecular flexibility index (Phi) is 4.70. The second kappa shape index (κ2) is 7.45. The van der Waals surface area contributed by atoms with E-state index in [2.05, 4.69) is 20.4 Å². The summed E-state index contributed by atoms with van der Waals surface area (Å²) in [6.07, 6.45) is 3.20. The quantitative estimate of drug-likeness (QED) is 0.549. The fraction of sp³-hybridized carbons (Fsp3) is 0.190. The number of aromatic nitrogens is 4. The average molecular weight is 359 g/mol. The van der Waals surface area contributed by atoms with Crippen LogP contribution in [0.25, 0.3) is 11.0 Å². The molecule has 0 unspecified atom stereocenters. The predicted molar refractivity (Wildman–Crippen MR) is 106 cm³/mol. The Labute approximate surface area is 157 Å². The van der Waals surface area contributed by atoms with Crippen LogP contribution >= 0.6 is 0 Å². The molecule has 4 aromatic rings. The topological polar surface area (TPSA) is 75.6 Å². The van der Waals surface area contributed by atoms with E-state index in [-0.39, 0.29) is 5.91 Å². The molecule has 6 nitrogen and oxygen atoms in total. The molecule has 0 atom stereocenters. The third-order valence-electron chi connectivity index (χ3n) is 4.58. The molecule has 0 radical (unpaired) electrons. The number of fused-ring (bicyclic) bond motifs is 1. The van der Waals surface area contributed by atoms with Crippen molar-refractivity contribution in [2.75, 3.05) is 5.32 Å². The van der Waals surface area contributed by atoms with E-state index in [1.54, 1.807) is 16.9 Å². The number of carbonyl (C=O) groups excluding carboxylic acids is 1. The molecule has 2 aromatic heterocycles. The molecule has 2 aromatic carbocycles. The van der Waals surface area contributed by atoms with E-state index in [1.165, 1.54) is 0 Å². The highest BCUT2D eigenvalue weighted by Crippen LogP contribution is 2.19. The van der Waals surface area contributed by atoms with Crippen LogP contribution < -0.4 is 5.32 Å². The molecule has 0 aliphatic carbocycles. The predicted octanol–water partition coefficient (Wildman–Crippen LogP) is 3.82. The number of nitrogens with one attached hydrogen (secondary N) is 2. The van der Waals surface area contributed by atoms with Gasteiger partial charge < -0.3 is 10.3 Å². The molecule has 1 amide bonds. The Morgan fingerprint density at radius 3 is 2.74 bits per heavy atom. The van der Waals surface area contributed by atoms with Crippen molar-refractivity contribution in [3.63, 3.8) is 0 Å². The van der Waals surface area contributed by atoms with Gasteiger partial charge in [0.25, 0.3) is 5.91 Å². The summed E-state index contributed by atoms with van der Waals surface area (Å²) in [6.45, 7) is 2.62. The molecule has 0 saturated carbocycles. The third-order valence-corrected chi connectivity index (χ3v) is 4.58. The Morgan fingerprint density at radius 1 is 1.07 bits per heavy atom. The van der Waals surface area contributed by atoms with Crippen molar-refractivity contribution < 1.29 is 4.79 Å². The fourth-order valence-corrected chi connectivity index (χ4v) is 3.20. The largest absolute Gasteiger partial charge is 0.342 e. The lowest BCUT2D eigenvalue weighted by atomic mass is 10.1. The van der Waals surface area contributed by atoms with Gasteiger partial charge in [0, 0.05) is 24.8 Å². The van der Waals surface area contributed by atoms with Gasteiger partial charge in [-0.3, -0.25) is 9.48 Å². The molecule has 2 N–H and O–H groups in total. The molecule has 27 heavy (non-hydrogen) atoms. The molecule has 0 aliphatic heterocycles. The minimum atomic E-state index is -0.148. The zero-order valence-corrected chi connectivity index (χ0v) is 15.1. The number of H-pyrrole nitrogens is 1. The van der Waals surface area contributed by atoms with Crippen molar-refractivity contribution >= 4 is 22.6 Å². The summed E-state index contributed by atoms with van der Waals surface area (Å²) in [5.41, 5.74) is 4.48. The lowest BCUT2D eigenvalue weighted by Crippen LogP contribution is -2.18. The van der Waals surface area contributed by atoms with E-state index in [9.17, 15) is 4.79 Å². The molecule has 136 valence electrons. The summed E-state index contributed by atoms with van der Waals surface area (Å²) in [5, 5.41) is 7.18. The van der Waals surface area contributed by atoms with Crippen molar-refractivity contribution in [1.82, 2.24) is 19.7 Å². The SMILES string of the molecule is CCn1nccc1C(=O)Nc1ccccc1CCc1nc2ccccc2[nH]1. The van der Waals surface area contributed by atoms with Gasteiger partial charge in [0.05, 0.1) is 11.0 Å². The first-order chi connectivity index (χ1) is 13.2. The fourth-order valence-electron chi connectivity index (χ4n) is 3.20. The molecule has 0 fully saturated rings. The molecule has 6 heteroatoms.